The zero-order valence-corrected chi connectivity index (χ0v) is 13.9. The molecule has 3 nitrogen and oxygen atoms in total. The van der Waals surface area contributed by atoms with Crippen molar-refractivity contribution >= 4 is 0 Å². The van der Waals surface area contributed by atoms with Gasteiger partial charge in [0.05, 0.1) is 0 Å². The third-order valence-corrected chi connectivity index (χ3v) is 6.74. The van der Waals surface area contributed by atoms with E-state index in [1.165, 1.54) is 50.5 Å². The van der Waals surface area contributed by atoms with E-state index in [9.17, 15) is 5.21 Å². The van der Waals surface area contributed by atoms with Crippen LogP contribution in [0.25, 0.3) is 0 Å². The van der Waals surface area contributed by atoms with Crippen LogP contribution in [0, 0.1) is 16.7 Å². The Labute approximate surface area is 129 Å². The Morgan fingerprint density at radius 3 is 2.48 bits per heavy atom. The van der Waals surface area contributed by atoms with E-state index >= 15 is 0 Å². The van der Waals surface area contributed by atoms with E-state index in [1.54, 1.807) is 0 Å². The van der Waals surface area contributed by atoms with Crippen LogP contribution in [0.5, 0.6) is 0 Å². The number of rotatable bonds is 4. The molecule has 0 aromatic heterocycles. The van der Waals surface area contributed by atoms with Crippen LogP contribution in [-0.4, -0.2) is 23.8 Å². The molecule has 120 valence electrons. The first-order valence-corrected chi connectivity index (χ1v) is 8.79. The van der Waals surface area contributed by atoms with Crippen molar-refractivity contribution in [3.05, 3.63) is 11.6 Å². The van der Waals surface area contributed by atoms with E-state index in [0.717, 1.165) is 6.54 Å². The van der Waals surface area contributed by atoms with Crippen LogP contribution in [0.15, 0.2) is 11.6 Å². The maximum absolute atomic E-state index is 9.51. The molecule has 2 saturated carbocycles. The molecular weight excluding hydrogens is 260 g/mol. The molecule has 2 atom stereocenters. The van der Waals surface area contributed by atoms with Crippen molar-refractivity contribution in [3.8, 4) is 0 Å². The Hall–Kier alpha value is -0.380. The van der Waals surface area contributed by atoms with E-state index in [1.807, 2.05) is 0 Å². The average Bonchev–Trinajstić information content (AvgIpc) is 2.64. The fourth-order valence-electron chi connectivity index (χ4n) is 4.99. The van der Waals surface area contributed by atoms with Gasteiger partial charge in [-0.15, -0.1) is 0 Å². The molecule has 1 spiro atoms. The van der Waals surface area contributed by atoms with Gasteiger partial charge in [-0.25, -0.2) is 5.48 Å². The second kappa shape index (κ2) is 5.68. The molecule has 3 aliphatic rings. The number of hydrogen-bond donors (Lipinski definition) is 3. The number of nitrogens with one attached hydrogen (secondary N) is 2. The fraction of sp³-hybridized carbons (Fsp3) is 0.889. The molecule has 0 aromatic carbocycles. The minimum absolute atomic E-state index is 0.0469. The molecule has 3 N–H and O–H groups in total. The highest BCUT2D eigenvalue weighted by Crippen LogP contribution is 2.51. The fourth-order valence-corrected chi connectivity index (χ4v) is 4.99. The molecule has 0 radical (unpaired) electrons. The summed E-state index contributed by atoms with van der Waals surface area (Å²) in [6.07, 6.45) is 12.4. The van der Waals surface area contributed by atoms with Gasteiger partial charge in [-0.3, -0.25) is 0 Å². The molecule has 0 heterocycles. The highest BCUT2D eigenvalue weighted by Gasteiger charge is 2.45. The first-order chi connectivity index (χ1) is 9.97. The summed E-state index contributed by atoms with van der Waals surface area (Å²) in [5, 5.41) is 13.3. The second-order valence-electron chi connectivity index (χ2n) is 8.42. The van der Waals surface area contributed by atoms with Gasteiger partial charge in [0.1, 0.15) is 0 Å². The lowest BCUT2D eigenvalue weighted by atomic mass is 9.58. The summed E-state index contributed by atoms with van der Waals surface area (Å²) in [6, 6.07) is 0.841. The number of hydroxylamine groups is 1. The van der Waals surface area contributed by atoms with Crippen molar-refractivity contribution in [2.24, 2.45) is 16.7 Å². The Bertz CT molecular complexity index is 401. The van der Waals surface area contributed by atoms with Crippen molar-refractivity contribution in [3.63, 3.8) is 0 Å². The Balaban J connectivity index is 1.48. The standard InChI is InChI=1S/C18H32N2O/c1-13-9-14(16(20-21)17(13,2)3)12-19-15-10-18(11-15)7-5-4-6-8-18/h9,14-16,19-21H,4-8,10-12H2,1-3H3/t14?,16-/m1/s1. The Morgan fingerprint density at radius 1 is 1.19 bits per heavy atom. The topological polar surface area (TPSA) is 44.3 Å². The van der Waals surface area contributed by atoms with Crippen LogP contribution in [0.1, 0.15) is 65.7 Å². The molecule has 0 aliphatic heterocycles. The predicted molar refractivity (Wildman–Crippen MR) is 86.3 cm³/mol. The molecule has 0 bridgehead atoms. The molecule has 0 amide bonds. The first kappa shape index (κ1) is 15.5. The van der Waals surface area contributed by atoms with Gasteiger partial charge in [-0.05, 0) is 38.0 Å². The van der Waals surface area contributed by atoms with Gasteiger partial charge < -0.3 is 10.5 Å². The van der Waals surface area contributed by atoms with Gasteiger partial charge >= 0.3 is 0 Å². The van der Waals surface area contributed by atoms with Gasteiger partial charge in [0, 0.05) is 30.0 Å². The van der Waals surface area contributed by atoms with Gasteiger partial charge in [-0.2, -0.15) is 0 Å². The third-order valence-electron chi connectivity index (χ3n) is 6.74. The summed E-state index contributed by atoms with van der Waals surface area (Å²) < 4.78 is 0. The van der Waals surface area contributed by atoms with Gasteiger partial charge in [0.25, 0.3) is 0 Å². The molecular formula is C18H32N2O. The van der Waals surface area contributed by atoms with Gasteiger partial charge in [0.15, 0.2) is 0 Å². The van der Waals surface area contributed by atoms with Crippen LogP contribution in [0.4, 0.5) is 0 Å². The van der Waals surface area contributed by atoms with Crippen molar-refractivity contribution in [1.29, 1.82) is 0 Å². The zero-order valence-electron chi connectivity index (χ0n) is 13.9. The van der Waals surface area contributed by atoms with Gasteiger partial charge in [0.2, 0.25) is 0 Å². The van der Waals surface area contributed by atoms with Crippen molar-refractivity contribution in [2.75, 3.05) is 6.54 Å². The number of hydrogen-bond acceptors (Lipinski definition) is 3. The van der Waals surface area contributed by atoms with E-state index in [-0.39, 0.29) is 11.5 Å². The first-order valence-electron chi connectivity index (χ1n) is 8.79. The van der Waals surface area contributed by atoms with Crippen molar-refractivity contribution in [2.45, 2.75) is 77.8 Å². The quantitative estimate of drug-likeness (QED) is 0.547. The smallest absolute Gasteiger partial charge is 0.0482 e. The largest absolute Gasteiger partial charge is 0.316 e. The van der Waals surface area contributed by atoms with Crippen LogP contribution in [0.2, 0.25) is 0 Å². The normalized spacial score (nSPS) is 34.8. The summed E-state index contributed by atoms with van der Waals surface area (Å²) in [5.41, 5.74) is 4.69. The zero-order chi connectivity index (χ0) is 15.1. The summed E-state index contributed by atoms with van der Waals surface area (Å²) in [4.78, 5) is 0. The average molecular weight is 292 g/mol. The highest BCUT2D eigenvalue weighted by molar-refractivity contribution is 5.24. The molecule has 21 heavy (non-hydrogen) atoms. The van der Waals surface area contributed by atoms with E-state index in [2.05, 4.69) is 37.6 Å². The summed E-state index contributed by atoms with van der Waals surface area (Å²) in [7, 11) is 0. The highest BCUT2D eigenvalue weighted by atomic mass is 16.5. The monoisotopic (exact) mass is 292 g/mol. The lowest BCUT2D eigenvalue weighted by Gasteiger charge is -2.51. The molecule has 0 aromatic rings. The Kier molecular flexibility index (Phi) is 4.19. The lowest BCUT2D eigenvalue weighted by molar-refractivity contribution is 0.0313. The molecule has 2 fully saturated rings. The molecule has 3 heteroatoms. The van der Waals surface area contributed by atoms with Crippen LogP contribution < -0.4 is 10.8 Å². The molecule has 3 aliphatic carbocycles. The van der Waals surface area contributed by atoms with E-state index in [4.69, 9.17) is 0 Å². The summed E-state index contributed by atoms with van der Waals surface area (Å²) >= 11 is 0. The minimum atomic E-state index is 0.0469. The predicted octanol–water partition coefficient (Wildman–Crippen LogP) is 3.64. The maximum atomic E-state index is 9.51. The van der Waals surface area contributed by atoms with Crippen LogP contribution in [-0.2, 0) is 0 Å². The minimum Gasteiger partial charge on any atom is -0.316 e. The van der Waals surface area contributed by atoms with E-state index < -0.39 is 0 Å². The Morgan fingerprint density at radius 2 is 1.86 bits per heavy atom. The van der Waals surface area contributed by atoms with Crippen LogP contribution >= 0.6 is 0 Å². The van der Waals surface area contributed by atoms with E-state index in [0.29, 0.717) is 17.4 Å². The molecule has 3 rings (SSSR count). The van der Waals surface area contributed by atoms with Gasteiger partial charge in [-0.1, -0.05) is 44.8 Å². The SMILES string of the molecule is CC1=CC(CNC2CC3(CCCCC3)C2)[C@@H](NO)C1(C)C. The maximum Gasteiger partial charge on any atom is 0.0482 e. The lowest BCUT2D eigenvalue weighted by Crippen LogP contribution is -2.52. The third kappa shape index (κ3) is 2.80. The summed E-state index contributed by atoms with van der Waals surface area (Å²) in [6.45, 7) is 7.60. The van der Waals surface area contributed by atoms with Crippen molar-refractivity contribution in [1.82, 2.24) is 10.8 Å². The van der Waals surface area contributed by atoms with Crippen LogP contribution in [0.3, 0.4) is 0 Å². The summed E-state index contributed by atoms with van der Waals surface area (Å²) in [5.74, 6) is 0.396. The van der Waals surface area contributed by atoms with Crippen molar-refractivity contribution < 1.29 is 5.21 Å². The molecule has 1 unspecified atom stereocenters. The molecule has 0 saturated heterocycles. The second-order valence-corrected chi connectivity index (χ2v) is 8.42.